The average molecular weight is 269 g/mol. The Kier molecular flexibility index (Phi) is 5.08. The Balaban J connectivity index is 3.09. The summed E-state index contributed by atoms with van der Waals surface area (Å²) in [6, 6.07) is 0. The molecule has 0 aromatic carbocycles. The summed E-state index contributed by atoms with van der Waals surface area (Å²) >= 11 is 0. The number of rotatable bonds is 7. The molecule has 0 aliphatic rings. The lowest BCUT2D eigenvalue weighted by molar-refractivity contribution is 0.0375. The van der Waals surface area contributed by atoms with Crippen LogP contribution >= 0.6 is 0 Å². The maximum atomic E-state index is 12.4. The standard InChI is InChI=1S/C13H23N3O3/c1-6-13(2,18)12(17)11-10(19-5)9-14-16(11)8-7-15(3)4/h9,18H,6-8H2,1-5H3. The van der Waals surface area contributed by atoms with E-state index in [0.717, 1.165) is 6.54 Å². The van der Waals surface area contributed by atoms with Gasteiger partial charge in [0.1, 0.15) is 11.3 Å². The Bertz CT molecular complexity index is 438. The van der Waals surface area contributed by atoms with Gasteiger partial charge in [-0.3, -0.25) is 9.48 Å². The number of hydrogen-bond donors (Lipinski definition) is 1. The molecule has 1 rings (SSSR count). The van der Waals surface area contributed by atoms with Crippen LogP contribution in [0.2, 0.25) is 0 Å². The molecule has 0 fully saturated rings. The van der Waals surface area contributed by atoms with Crippen LogP contribution in [0.1, 0.15) is 30.8 Å². The molecule has 0 aliphatic heterocycles. The van der Waals surface area contributed by atoms with Crippen LogP contribution in [0.3, 0.4) is 0 Å². The van der Waals surface area contributed by atoms with Crippen molar-refractivity contribution < 1.29 is 14.6 Å². The van der Waals surface area contributed by atoms with Gasteiger partial charge in [-0.2, -0.15) is 5.10 Å². The molecule has 0 saturated heterocycles. The molecule has 0 radical (unpaired) electrons. The number of aromatic nitrogens is 2. The lowest BCUT2D eigenvalue weighted by Gasteiger charge is -2.21. The van der Waals surface area contributed by atoms with Crippen molar-refractivity contribution in [1.29, 1.82) is 0 Å². The van der Waals surface area contributed by atoms with Crippen molar-refractivity contribution in [1.82, 2.24) is 14.7 Å². The van der Waals surface area contributed by atoms with Gasteiger partial charge in [0.05, 0.1) is 19.9 Å². The zero-order valence-corrected chi connectivity index (χ0v) is 12.3. The van der Waals surface area contributed by atoms with E-state index < -0.39 is 5.60 Å². The van der Waals surface area contributed by atoms with E-state index in [2.05, 4.69) is 5.10 Å². The van der Waals surface area contributed by atoms with E-state index in [9.17, 15) is 9.90 Å². The topological polar surface area (TPSA) is 67.6 Å². The van der Waals surface area contributed by atoms with Gasteiger partial charge in [-0.15, -0.1) is 0 Å². The SMILES string of the molecule is CCC(C)(O)C(=O)c1c(OC)cnn1CCN(C)C. The molecule has 1 unspecified atom stereocenters. The van der Waals surface area contributed by atoms with E-state index in [-0.39, 0.29) is 5.78 Å². The van der Waals surface area contributed by atoms with E-state index in [4.69, 9.17) is 4.74 Å². The number of carbonyl (C=O) groups excluding carboxylic acids is 1. The minimum Gasteiger partial charge on any atom is -0.493 e. The lowest BCUT2D eigenvalue weighted by Crippen LogP contribution is -2.36. The zero-order valence-electron chi connectivity index (χ0n) is 12.3. The molecule has 0 aliphatic carbocycles. The first-order chi connectivity index (χ1) is 8.83. The van der Waals surface area contributed by atoms with Crippen LogP contribution < -0.4 is 4.74 Å². The van der Waals surface area contributed by atoms with Crippen molar-refractivity contribution in [3.05, 3.63) is 11.9 Å². The number of likely N-dealkylation sites (N-methyl/N-ethyl adjacent to an activating group) is 1. The van der Waals surface area contributed by atoms with E-state index in [1.807, 2.05) is 19.0 Å². The molecule has 1 atom stereocenters. The molecule has 108 valence electrons. The lowest BCUT2D eigenvalue weighted by atomic mass is 9.95. The van der Waals surface area contributed by atoms with E-state index in [1.165, 1.54) is 20.2 Å². The second kappa shape index (κ2) is 6.16. The van der Waals surface area contributed by atoms with Gasteiger partial charge >= 0.3 is 0 Å². The third kappa shape index (κ3) is 3.54. The first-order valence-electron chi connectivity index (χ1n) is 6.35. The van der Waals surface area contributed by atoms with E-state index in [1.54, 1.807) is 11.6 Å². The summed E-state index contributed by atoms with van der Waals surface area (Å²) in [5.74, 6) is 0.0422. The monoisotopic (exact) mass is 269 g/mol. The third-order valence-electron chi connectivity index (χ3n) is 3.18. The van der Waals surface area contributed by atoms with Gasteiger partial charge in [0.25, 0.3) is 0 Å². The van der Waals surface area contributed by atoms with Crippen LogP contribution in [0.15, 0.2) is 6.20 Å². The second-order valence-corrected chi connectivity index (χ2v) is 5.04. The van der Waals surface area contributed by atoms with Crippen LogP contribution in [0.5, 0.6) is 5.75 Å². The fraction of sp³-hybridized carbons (Fsp3) is 0.692. The van der Waals surface area contributed by atoms with Crippen molar-refractivity contribution in [2.75, 3.05) is 27.7 Å². The minimum absolute atomic E-state index is 0.330. The Morgan fingerprint density at radius 2 is 2.21 bits per heavy atom. The molecule has 1 aromatic heterocycles. The minimum atomic E-state index is -1.40. The van der Waals surface area contributed by atoms with Crippen molar-refractivity contribution in [3.8, 4) is 5.75 Å². The van der Waals surface area contributed by atoms with E-state index >= 15 is 0 Å². The largest absolute Gasteiger partial charge is 0.493 e. The number of ether oxygens (including phenoxy) is 1. The maximum Gasteiger partial charge on any atom is 0.215 e. The fourth-order valence-electron chi connectivity index (χ4n) is 1.63. The summed E-state index contributed by atoms with van der Waals surface area (Å²) < 4.78 is 6.75. The number of hydrogen-bond acceptors (Lipinski definition) is 5. The molecule has 0 amide bonds. The van der Waals surface area contributed by atoms with Gasteiger partial charge in [-0.1, -0.05) is 6.92 Å². The Hall–Kier alpha value is -1.40. The van der Waals surface area contributed by atoms with Crippen LogP contribution in [-0.4, -0.2) is 58.9 Å². The van der Waals surface area contributed by atoms with Gasteiger partial charge in [-0.05, 0) is 27.4 Å². The Labute approximate surface area is 114 Å². The summed E-state index contributed by atoms with van der Waals surface area (Å²) in [4.78, 5) is 14.4. The number of Topliss-reactive ketones (excluding diaryl/α,β-unsaturated/α-hetero) is 1. The van der Waals surface area contributed by atoms with Crippen LogP contribution in [-0.2, 0) is 6.54 Å². The summed E-state index contributed by atoms with van der Waals surface area (Å²) in [5, 5.41) is 14.3. The second-order valence-electron chi connectivity index (χ2n) is 5.04. The summed E-state index contributed by atoms with van der Waals surface area (Å²) in [7, 11) is 5.39. The Morgan fingerprint density at radius 1 is 1.58 bits per heavy atom. The van der Waals surface area contributed by atoms with Gasteiger partial charge in [0, 0.05) is 6.54 Å². The molecule has 19 heavy (non-hydrogen) atoms. The van der Waals surface area contributed by atoms with Crippen LogP contribution in [0, 0.1) is 0 Å². The third-order valence-corrected chi connectivity index (χ3v) is 3.18. The number of carbonyl (C=O) groups is 1. The van der Waals surface area contributed by atoms with E-state index in [0.29, 0.717) is 24.4 Å². The van der Waals surface area contributed by atoms with Gasteiger partial charge < -0.3 is 14.7 Å². The molecule has 6 nitrogen and oxygen atoms in total. The number of methoxy groups -OCH3 is 1. The molecule has 1 heterocycles. The molecular formula is C13H23N3O3. The highest BCUT2D eigenvalue weighted by molar-refractivity contribution is 6.02. The molecule has 1 N–H and O–H groups in total. The van der Waals surface area contributed by atoms with Crippen LogP contribution in [0.4, 0.5) is 0 Å². The molecular weight excluding hydrogens is 246 g/mol. The molecule has 6 heteroatoms. The predicted octanol–water partition coefficient (Wildman–Crippen LogP) is 0.797. The van der Waals surface area contributed by atoms with Crippen molar-refractivity contribution in [3.63, 3.8) is 0 Å². The Morgan fingerprint density at radius 3 is 2.68 bits per heavy atom. The van der Waals surface area contributed by atoms with Crippen molar-refractivity contribution in [2.45, 2.75) is 32.4 Å². The number of aliphatic hydroxyl groups is 1. The van der Waals surface area contributed by atoms with Gasteiger partial charge in [0.15, 0.2) is 5.75 Å². The fourth-order valence-corrected chi connectivity index (χ4v) is 1.63. The van der Waals surface area contributed by atoms with Crippen LogP contribution in [0.25, 0.3) is 0 Å². The predicted molar refractivity (Wildman–Crippen MR) is 72.6 cm³/mol. The summed E-state index contributed by atoms with van der Waals surface area (Å²) in [5.41, 5.74) is -1.07. The maximum absolute atomic E-state index is 12.4. The molecule has 0 bridgehead atoms. The smallest absolute Gasteiger partial charge is 0.215 e. The van der Waals surface area contributed by atoms with Crippen molar-refractivity contribution >= 4 is 5.78 Å². The zero-order chi connectivity index (χ0) is 14.6. The summed E-state index contributed by atoms with van der Waals surface area (Å²) in [6.45, 7) is 4.60. The number of ketones is 1. The highest BCUT2D eigenvalue weighted by atomic mass is 16.5. The van der Waals surface area contributed by atoms with Gasteiger partial charge in [0.2, 0.25) is 5.78 Å². The average Bonchev–Trinajstić information content (AvgIpc) is 2.77. The number of nitrogens with zero attached hydrogens (tertiary/aromatic N) is 3. The highest BCUT2D eigenvalue weighted by Crippen LogP contribution is 2.24. The normalized spacial score (nSPS) is 14.5. The highest BCUT2D eigenvalue weighted by Gasteiger charge is 2.34. The van der Waals surface area contributed by atoms with Crippen molar-refractivity contribution in [2.24, 2.45) is 0 Å². The first kappa shape index (κ1) is 15.7. The summed E-state index contributed by atoms with van der Waals surface area (Å²) in [6.07, 6.45) is 1.85. The quantitative estimate of drug-likeness (QED) is 0.741. The molecule has 0 saturated carbocycles. The molecule has 1 aromatic rings. The van der Waals surface area contributed by atoms with Gasteiger partial charge in [-0.25, -0.2) is 0 Å². The molecule has 0 spiro atoms. The first-order valence-corrected chi connectivity index (χ1v) is 6.35.